The number of nitrogens with two attached hydrogens (primary N) is 1. The number of amides is 1. The number of thiocarbonyl (C=S) groups is 1. The molecule has 0 aliphatic carbocycles. The molecule has 19 heavy (non-hydrogen) atoms. The van der Waals surface area contributed by atoms with Crippen LogP contribution in [0.5, 0.6) is 0 Å². The summed E-state index contributed by atoms with van der Waals surface area (Å²) in [5.74, 6) is -0.0756. The standard InChI is InChI=1S/C10H11N5OS3/c1-5(16)12-2-8-13-6(3-18-8)7-4-19-10(14-7)15-9(11)17/h3-4H,2H2,1H3,(H,12,16)(H3,11,14,15,17). The number of carbonyl (C=O) groups excluding carboxylic acids is 1. The molecule has 100 valence electrons. The Labute approximate surface area is 123 Å². The first-order valence-corrected chi connectivity index (χ1v) is 7.42. The fourth-order valence-corrected chi connectivity index (χ4v) is 2.87. The fourth-order valence-electron chi connectivity index (χ4n) is 1.26. The van der Waals surface area contributed by atoms with Gasteiger partial charge in [0.15, 0.2) is 10.2 Å². The molecule has 0 spiro atoms. The maximum atomic E-state index is 10.8. The summed E-state index contributed by atoms with van der Waals surface area (Å²) in [5.41, 5.74) is 6.91. The van der Waals surface area contributed by atoms with Gasteiger partial charge in [-0.05, 0) is 12.2 Å². The Kier molecular flexibility index (Phi) is 4.40. The van der Waals surface area contributed by atoms with E-state index in [-0.39, 0.29) is 11.0 Å². The maximum absolute atomic E-state index is 10.8. The Morgan fingerprint density at radius 1 is 1.37 bits per heavy atom. The summed E-state index contributed by atoms with van der Waals surface area (Å²) in [6.45, 7) is 1.91. The monoisotopic (exact) mass is 313 g/mol. The highest BCUT2D eigenvalue weighted by atomic mass is 32.1. The number of hydrogen-bond acceptors (Lipinski definition) is 6. The van der Waals surface area contributed by atoms with Crippen LogP contribution in [0.3, 0.4) is 0 Å². The van der Waals surface area contributed by atoms with Gasteiger partial charge in [0.25, 0.3) is 0 Å². The number of anilines is 1. The number of carbonyl (C=O) groups is 1. The molecule has 0 bridgehead atoms. The summed E-state index contributed by atoms with van der Waals surface area (Å²) in [6, 6.07) is 0. The lowest BCUT2D eigenvalue weighted by atomic mass is 10.4. The molecule has 0 saturated heterocycles. The molecule has 1 amide bonds. The van der Waals surface area contributed by atoms with Gasteiger partial charge in [0.2, 0.25) is 5.91 Å². The summed E-state index contributed by atoms with van der Waals surface area (Å²) in [4.78, 5) is 19.5. The quantitative estimate of drug-likeness (QED) is 0.742. The first-order valence-electron chi connectivity index (χ1n) is 5.26. The number of nitrogens with zero attached hydrogens (tertiary/aromatic N) is 2. The Morgan fingerprint density at radius 3 is 2.74 bits per heavy atom. The lowest BCUT2D eigenvalue weighted by Crippen LogP contribution is -2.18. The minimum absolute atomic E-state index is 0.0756. The van der Waals surface area contributed by atoms with Gasteiger partial charge in [-0.15, -0.1) is 22.7 Å². The Hall–Kier alpha value is -1.58. The van der Waals surface area contributed by atoms with Crippen LogP contribution >= 0.6 is 34.9 Å². The van der Waals surface area contributed by atoms with Crippen molar-refractivity contribution in [3.05, 3.63) is 15.8 Å². The van der Waals surface area contributed by atoms with E-state index in [2.05, 4.69) is 20.6 Å². The smallest absolute Gasteiger partial charge is 0.217 e. The minimum Gasteiger partial charge on any atom is -0.376 e. The highest BCUT2D eigenvalue weighted by Crippen LogP contribution is 2.26. The van der Waals surface area contributed by atoms with E-state index in [0.29, 0.717) is 11.7 Å². The van der Waals surface area contributed by atoms with Crippen LogP contribution in [0.1, 0.15) is 11.9 Å². The predicted octanol–water partition coefficient (Wildman–Crippen LogP) is 1.56. The maximum Gasteiger partial charge on any atom is 0.217 e. The van der Waals surface area contributed by atoms with Gasteiger partial charge in [0.1, 0.15) is 16.4 Å². The third kappa shape index (κ3) is 3.94. The number of nitrogens with one attached hydrogen (secondary N) is 2. The molecular weight excluding hydrogens is 302 g/mol. The third-order valence-corrected chi connectivity index (χ3v) is 3.75. The zero-order valence-electron chi connectivity index (χ0n) is 9.97. The van der Waals surface area contributed by atoms with E-state index in [1.807, 2.05) is 10.8 Å². The van der Waals surface area contributed by atoms with Crippen molar-refractivity contribution in [3.63, 3.8) is 0 Å². The molecule has 0 fully saturated rings. The highest BCUT2D eigenvalue weighted by Gasteiger charge is 2.09. The summed E-state index contributed by atoms with van der Waals surface area (Å²) >= 11 is 7.63. The van der Waals surface area contributed by atoms with Gasteiger partial charge in [0.05, 0.1) is 6.54 Å². The Bertz CT molecular complexity index is 606. The molecule has 2 rings (SSSR count). The van der Waals surface area contributed by atoms with E-state index in [0.717, 1.165) is 16.4 Å². The zero-order chi connectivity index (χ0) is 13.8. The summed E-state index contributed by atoms with van der Waals surface area (Å²) in [7, 11) is 0. The molecule has 6 nitrogen and oxygen atoms in total. The third-order valence-electron chi connectivity index (χ3n) is 2.04. The van der Waals surface area contributed by atoms with Gasteiger partial charge in [0, 0.05) is 17.7 Å². The van der Waals surface area contributed by atoms with E-state index in [1.165, 1.54) is 29.6 Å². The topological polar surface area (TPSA) is 92.9 Å². The largest absolute Gasteiger partial charge is 0.376 e. The van der Waals surface area contributed by atoms with Crippen molar-refractivity contribution in [3.8, 4) is 11.4 Å². The summed E-state index contributed by atoms with van der Waals surface area (Å²) in [5, 5.41) is 10.9. The second kappa shape index (κ2) is 6.04. The van der Waals surface area contributed by atoms with Crippen LogP contribution in [0.15, 0.2) is 10.8 Å². The first kappa shape index (κ1) is 13.8. The second-order valence-electron chi connectivity index (χ2n) is 3.56. The average molecular weight is 313 g/mol. The van der Waals surface area contributed by atoms with Crippen molar-refractivity contribution < 1.29 is 4.79 Å². The normalized spacial score (nSPS) is 10.2. The molecule has 0 aliphatic rings. The molecule has 0 aromatic carbocycles. The van der Waals surface area contributed by atoms with Gasteiger partial charge in [-0.3, -0.25) is 4.79 Å². The minimum atomic E-state index is -0.0756. The lowest BCUT2D eigenvalue weighted by molar-refractivity contribution is -0.119. The number of rotatable bonds is 4. The van der Waals surface area contributed by atoms with Crippen LogP contribution in [-0.4, -0.2) is 21.0 Å². The van der Waals surface area contributed by atoms with Gasteiger partial charge >= 0.3 is 0 Å². The molecule has 0 atom stereocenters. The van der Waals surface area contributed by atoms with E-state index in [4.69, 9.17) is 18.0 Å². The van der Waals surface area contributed by atoms with Crippen LogP contribution in [0, 0.1) is 0 Å². The molecule has 0 radical (unpaired) electrons. The van der Waals surface area contributed by atoms with Crippen LogP contribution < -0.4 is 16.4 Å². The average Bonchev–Trinajstić information content (AvgIpc) is 2.93. The molecule has 2 heterocycles. The number of hydrogen-bond donors (Lipinski definition) is 3. The molecule has 0 aliphatic heterocycles. The Balaban J connectivity index is 2.07. The SMILES string of the molecule is CC(=O)NCc1nc(-c2csc(NC(N)=S)n2)cs1. The van der Waals surface area contributed by atoms with E-state index in [1.54, 1.807) is 0 Å². The van der Waals surface area contributed by atoms with Crippen LogP contribution in [0.2, 0.25) is 0 Å². The summed E-state index contributed by atoms with van der Waals surface area (Å²) < 4.78 is 0. The van der Waals surface area contributed by atoms with E-state index in [9.17, 15) is 4.79 Å². The molecule has 2 aromatic rings. The van der Waals surface area contributed by atoms with Crippen molar-refractivity contribution in [2.75, 3.05) is 5.32 Å². The molecular formula is C10H11N5OS3. The van der Waals surface area contributed by atoms with Crippen LogP contribution in [0.25, 0.3) is 11.4 Å². The van der Waals surface area contributed by atoms with Crippen molar-refractivity contribution in [1.82, 2.24) is 15.3 Å². The molecule has 0 unspecified atom stereocenters. The van der Waals surface area contributed by atoms with Crippen LogP contribution in [0.4, 0.5) is 5.13 Å². The lowest BCUT2D eigenvalue weighted by Gasteiger charge is -1.96. The summed E-state index contributed by atoms with van der Waals surface area (Å²) in [6.07, 6.45) is 0. The van der Waals surface area contributed by atoms with Crippen LogP contribution in [-0.2, 0) is 11.3 Å². The van der Waals surface area contributed by atoms with E-state index < -0.39 is 0 Å². The van der Waals surface area contributed by atoms with Gasteiger partial charge in [-0.25, -0.2) is 9.97 Å². The van der Waals surface area contributed by atoms with Crippen molar-refractivity contribution in [2.24, 2.45) is 5.73 Å². The molecule has 2 aromatic heterocycles. The fraction of sp³-hybridized carbons (Fsp3) is 0.200. The zero-order valence-corrected chi connectivity index (χ0v) is 12.4. The van der Waals surface area contributed by atoms with Crippen molar-refractivity contribution >= 4 is 51.0 Å². The highest BCUT2D eigenvalue weighted by molar-refractivity contribution is 7.80. The molecule has 4 N–H and O–H groups in total. The Morgan fingerprint density at radius 2 is 2.05 bits per heavy atom. The van der Waals surface area contributed by atoms with Gasteiger partial charge in [-0.2, -0.15) is 0 Å². The molecule has 9 heteroatoms. The van der Waals surface area contributed by atoms with Gasteiger partial charge < -0.3 is 16.4 Å². The van der Waals surface area contributed by atoms with Crippen molar-refractivity contribution in [1.29, 1.82) is 0 Å². The van der Waals surface area contributed by atoms with Gasteiger partial charge in [-0.1, -0.05) is 0 Å². The van der Waals surface area contributed by atoms with E-state index >= 15 is 0 Å². The first-order chi connectivity index (χ1) is 9.04. The van der Waals surface area contributed by atoms with Crippen molar-refractivity contribution in [2.45, 2.75) is 13.5 Å². The predicted molar refractivity (Wildman–Crippen MR) is 81.2 cm³/mol. The second-order valence-corrected chi connectivity index (χ2v) is 5.80. The number of thiazole rings is 2. The molecule has 0 saturated carbocycles. The number of aromatic nitrogens is 2.